The number of nitrogens with one attached hydrogen (secondary N) is 3. The van der Waals surface area contributed by atoms with Crippen LogP contribution in [0.2, 0.25) is 0 Å². The number of benzene rings is 1. The first-order valence-corrected chi connectivity index (χ1v) is 9.06. The fourth-order valence-corrected chi connectivity index (χ4v) is 2.73. The van der Waals surface area contributed by atoms with Crippen LogP contribution in [-0.4, -0.2) is 48.0 Å². The van der Waals surface area contributed by atoms with E-state index < -0.39 is 0 Å². The number of hydrogen-bond acceptors (Lipinski definition) is 5. The van der Waals surface area contributed by atoms with Crippen LogP contribution in [-0.2, 0) is 4.74 Å². The molecule has 3 heterocycles. The van der Waals surface area contributed by atoms with Crippen molar-refractivity contribution in [1.29, 1.82) is 0 Å². The van der Waals surface area contributed by atoms with Crippen molar-refractivity contribution in [3.05, 3.63) is 54.6 Å². The maximum absolute atomic E-state index is 13.0. The second-order valence-electron chi connectivity index (χ2n) is 5.98. The zero-order chi connectivity index (χ0) is 18.9. The zero-order valence-electron chi connectivity index (χ0n) is 15.3. The van der Waals surface area contributed by atoms with Gasteiger partial charge < -0.3 is 15.4 Å². The van der Waals surface area contributed by atoms with Gasteiger partial charge in [-0.3, -0.25) is 5.10 Å². The third-order valence-electron chi connectivity index (χ3n) is 4.03. The summed E-state index contributed by atoms with van der Waals surface area (Å²) in [6.07, 6.45) is 3.60. The number of hydrogen-bond donors (Lipinski definition) is 3. The molecule has 0 atom stereocenters. The number of aromatic nitrogens is 3. The molecule has 4 rings (SSSR count). The summed E-state index contributed by atoms with van der Waals surface area (Å²) in [5.41, 5.74) is 3.63. The minimum absolute atomic E-state index is 0.255. The van der Waals surface area contributed by atoms with Crippen LogP contribution in [0.1, 0.15) is 6.92 Å². The lowest BCUT2D eigenvalue weighted by atomic mass is 10.0. The van der Waals surface area contributed by atoms with Crippen molar-refractivity contribution in [1.82, 2.24) is 20.5 Å². The van der Waals surface area contributed by atoms with Crippen LogP contribution in [0.15, 0.2) is 48.8 Å². The summed E-state index contributed by atoms with van der Waals surface area (Å²) >= 11 is 0. The number of aromatic amines is 1. The Morgan fingerprint density at radius 3 is 2.52 bits per heavy atom. The van der Waals surface area contributed by atoms with Crippen molar-refractivity contribution >= 4 is 5.82 Å². The summed E-state index contributed by atoms with van der Waals surface area (Å²) in [6, 6.07) is 10.2. The fraction of sp³-hybridized carbons (Fsp3) is 0.300. The number of anilines is 1. The van der Waals surface area contributed by atoms with E-state index in [1.807, 2.05) is 25.3 Å². The fourth-order valence-electron chi connectivity index (χ4n) is 2.73. The quantitative estimate of drug-likeness (QED) is 0.658. The van der Waals surface area contributed by atoms with E-state index in [-0.39, 0.29) is 5.82 Å². The zero-order valence-corrected chi connectivity index (χ0v) is 15.3. The SMILES string of the molecule is C1COCCN1.CCNc1cc(-c2c[nH]nc2-c2ccc(F)cc2)ccn1. The molecule has 0 unspecified atom stereocenters. The molecule has 1 saturated heterocycles. The molecule has 142 valence electrons. The van der Waals surface area contributed by atoms with Crippen molar-refractivity contribution in [3.63, 3.8) is 0 Å². The van der Waals surface area contributed by atoms with Gasteiger partial charge in [-0.15, -0.1) is 0 Å². The second kappa shape index (κ2) is 9.80. The standard InChI is InChI=1S/C16H15FN4.C4H9NO/c1-2-18-15-9-12(7-8-19-15)14-10-20-21-16(14)11-3-5-13(17)6-4-11;1-3-6-4-2-5-1/h3-10H,2H2,1H3,(H,18,19)(H,20,21);5H,1-4H2. The lowest BCUT2D eigenvalue weighted by Crippen LogP contribution is -2.30. The first-order chi connectivity index (χ1) is 13.3. The molecule has 27 heavy (non-hydrogen) atoms. The van der Waals surface area contributed by atoms with Crippen LogP contribution in [0.25, 0.3) is 22.4 Å². The molecule has 0 bridgehead atoms. The van der Waals surface area contributed by atoms with Crippen molar-refractivity contribution in [2.45, 2.75) is 6.92 Å². The van der Waals surface area contributed by atoms with Gasteiger partial charge in [-0.25, -0.2) is 9.37 Å². The minimum Gasteiger partial charge on any atom is -0.379 e. The highest BCUT2D eigenvalue weighted by molar-refractivity contribution is 5.81. The van der Waals surface area contributed by atoms with Gasteiger partial charge in [-0.05, 0) is 48.9 Å². The third kappa shape index (κ3) is 5.35. The molecule has 7 heteroatoms. The molecule has 0 radical (unpaired) electrons. The third-order valence-corrected chi connectivity index (χ3v) is 4.03. The molecule has 6 nitrogen and oxygen atoms in total. The van der Waals surface area contributed by atoms with E-state index in [0.717, 1.165) is 61.1 Å². The second-order valence-corrected chi connectivity index (χ2v) is 5.98. The Morgan fingerprint density at radius 1 is 1.11 bits per heavy atom. The number of nitrogens with zero attached hydrogens (tertiary/aromatic N) is 2. The highest BCUT2D eigenvalue weighted by atomic mass is 19.1. The van der Waals surface area contributed by atoms with Crippen LogP contribution in [0, 0.1) is 5.82 Å². The number of ether oxygens (including phenoxy) is 1. The molecule has 1 aliphatic rings. The van der Waals surface area contributed by atoms with Crippen molar-refractivity contribution in [2.24, 2.45) is 0 Å². The Bertz CT molecular complexity index is 819. The molecule has 1 aliphatic heterocycles. The summed E-state index contributed by atoms with van der Waals surface area (Å²) < 4.78 is 18.1. The van der Waals surface area contributed by atoms with Gasteiger partial charge in [0.15, 0.2) is 0 Å². The van der Waals surface area contributed by atoms with E-state index in [4.69, 9.17) is 4.74 Å². The summed E-state index contributed by atoms with van der Waals surface area (Å²) in [7, 11) is 0. The number of rotatable bonds is 4. The van der Waals surface area contributed by atoms with Crippen molar-refractivity contribution in [3.8, 4) is 22.4 Å². The molecule has 0 amide bonds. The van der Waals surface area contributed by atoms with Crippen molar-refractivity contribution < 1.29 is 9.13 Å². The van der Waals surface area contributed by atoms with E-state index >= 15 is 0 Å². The summed E-state index contributed by atoms with van der Waals surface area (Å²) in [6.45, 7) is 6.67. The molecule has 0 saturated carbocycles. The number of morpholine rings is 1. The molecular weight excluding hydrogens is 345 g/mol. The largest absolute Gasteiger partial charge is 0.379 e. The van der Waals surface area contributed by atoms with Crippen molar-refractivity contribution in [2.75, 3.05) is 38.2 Å². The molecular formula is C20H24FN5O. The van der Waals surface area contributed by atoms with Gasteiger partial charge in [0.2, 0.25) is 0 Å². The Hall–Kier alpha value is -2.77. The van der Waals surface area contributed by atoms with Gasteiger partial charge in [0.05, 0.1) is 18.9 Å². The van der Waals surface area contributed by atoms with Gasteiger partial charge in [0.1, 0.15) is 11.6 Å². The van der Waals surface area contributed by atoms with E-state index in [2.05, 4.69) is 25.8 Å². The van der Waals surface area contributed by atoms with E-state index in [0.29, 0.717) is 0 Å². The Morgan fingerprint density at radius 2 is 1.89 bits per heavy atom. The normalized spacial score (nSPS) is 13.6. The van der Waals surface area contributed by atoms with Gasteiger partial charge in [0.25, 0.3) is 0 Å². The average Bonchev–Trinajstić information content (AvgIpc) is 3.21. The number of halogens is 1. The minimum atomic E-state index is -0.255. The first kappa shape index (κ1) is 19.0. The van der Waals surface area contributed by atoms with Gasteiger partial charge in [0, 0.05) is 43.2 Å². The number of H-pyrrole nitrogens is 1. The predicted octanol–water partition coefficient (Wildman–Crippen LogP) is 3.32. The Balaban J connectivity index is 0.000000299. The van der Waals surface area contributed by atoms with E-state index in [9.17, 15) is 4.39 Å². The maximum Gasteiger partial charge on any atom is 0.126 e. The lowest BCUT2D eigenvalue weighted by molar-refractivity contribution is 0.109. The van der Waals surface area contributed by atoms with Crippen LogP contribution < -0.4 is 10.6 Å². The summed E-state index contributed by atoms with van der Waals surface area (Å²) in [5.74, 6) is 0.565. The molecule has 1 aromatic carbocycles. The molecule has 3 N–H and O–H groups in total. The Kier molecular flexibility index (Phi) is 6.90. The number of pyridine rings is 1. The Labute approximate surface area is 158 Å². The van der Waals surface area contributed by atoms with Crippen LogP contribution in [0.4, 0.5) is 10.2 Å². The summed E-state index contributed by atoms with van der Waals surface area (Å²) in [4.78, 5) is 4.26. The van der Waals surface area contributed by atoms with Crippen LogP contribution in [0.5, 0.6) is 0 Å². The average molecular weight is 369 g/mol. The molecule has 3 aromatic rings. The van der Waals surface area contributed by atoms with Gasteiger partial charge in [-0.2, -0.15) is 5.10 Å². The smallest absolute Gasteiger partial charge is 0.126 e. The first-order valence-electron chi connectivity index (χ1n) is 9.06. The van der Waals surface area contributed by atoms with Gasteiger partial charge >= 0.3 is 0 Å². The highest BCUT2D eigenvalue weighted by Gasteiger charge is 2.11. The van der Waals surface area contributed by atoms with Gasteiger partial charge in [-0.1, -0.05) is 0 Å². The van der Waals surface area contributed by atoms with E-state index in [1.54, 1.807) is 18.3 Å². The molecule has 1 fully saturated rings. The summed E-state index contributed by atoms with van der Waals surface area (Å²) in [5, 5.41) is 13.5. The highest BCUT2D eigenvalue weighted by Crippen LogP contribution is 2.30. The lowest BCUT2D eigenvalue weighted by Gasteiger charge is -2.10. The van der Waals surface area contributed by atoms with Crippen LogP contribution >= 0.6 is 0 Å². The monoisotopic (exact) mass is 369 g/mol. The molecule has 2 aromatic heterocycles. The topological polar surface area (TPSA) is 74.9 Å². The van der Waals surface area contributed by atoms with E-state index in [1.165, 1.54) is 12.1 Å². The van der Waals surface area contributed by atoms with Crippen LogP contribution in [0.3, 0.4) is 0 Å². The predicted molar refractivity (Wildman–Crippen MR) is 105 cm³/mol. The molecule has 0 aliphatic carbocycles. The molecule has 0 spiro atoms. The maximum atomic E-state index is 13.0.